The van der Waals surface area contributed by atoms with Gasteiger partial charge in [0.1, 0.15) is 18.0 Å². The second kappa shape index (κ2) is 10.4. The summed E-state index contributed by atoms with van der Waals surface area (Å²) in [5.74, 6) is -0.507. The van der Waals surface area contributed by atoms with Gasteiger partial charge in [0.15, 0.2) is 0 Å². The fourth-order valence-corrected chi connectivity index (χ4v) is 3.74. The van der Waals surface area contributed by atoms with Crippen LogP contribution in [0.4, 0.5) is 11.4 Å². The predicted molar refractivity (Wildman–Crippen MR) is 118 cm³/mol. The number of benzene rings is 2. The largest absolute Gasteiger partial charge is 0.497 e. The van der Waals surface area contributed by atoms with Crippen LogP contribution in [0.5, 0.6) is 11.5 Å². The van der Waals surface area contributed by atoms with Gasteiger partial charge in [-0.05, 0) is 37.3 Å². The van der Waals surface area contributed by atoms with E-state index in [1.165, 1.54) is 44.6 Å². The van der Waals surface area contributed by atoms with Crippen LogP contribution in [0.1, 0.15) is 17.3 Å². The van der Waals surface area contributed by atoms with Crippen LogP contribution in [-0.2, 0) is 19.6 Å². The third-order valence-corrected chi connectivity index (χ3v) is 5.54. The van der Waals surface area contributed by atoms with Crippen molar-refractivity contribution in [3.05, 3.63) is 47.0 Å². The zero-order valence-corrected chi connectivity index (χ0v) is 19.0. The summed E-state index contributed by atoms with van der Waals surface area (Å²) in [6, 6.07) is 8.78. The molecule has 2 aromatic rings. The van der Waals surface area contributed by atoms with Crippen molar-refractivity contribution >= 4 is 44.9 Å². The topological polar surface area (TPSA) is 111 Å². The molecule has 0 fully saturated rings. The van der Waals surface area contributed by atoms with Crippen LogP contribution in [0.15, 0.2) is 36.4 Å². The molecule has 0 bridgehead atoms. The van der Waals surface area contributed by atoms with Gasteiger partial charge in [-0.25, -0.2) is 13.2 Å². The van der Waals surface area contributed by atoms with Gasteiger partial charge in [-0.3, -0.25) is 9.10 Å². The lowest BCUT2D eigenvalue weighted by Gasteiger charge is -2.24. The summed E-state index contributed by atoms with van der Waals surface area (Å²) >= 11 is 6.15. The highest BCUT2D eigenvalue weighted by Crippen LogP contribution is 2.33. The number of amides is 1. The molecule has 168 valence electrons. The number of hydrogen-bond donors (Lipinski definition) is 1. The Balaban J connectivity index is 2.26. The Hall–Kier alpha value is -2.98. The van der Waals surface area contributed by atoms with E-state index in [4.69, 9.17) is 25.8 Å². The Morgan fingerprint density at radius 1 is 1.10 bits per heavy atom. The SMILES string of the molecule is CCOC(=O)c1ccc(NC(=O)CN(c2ccc(OC)cc2OC)S(C)(=O)=O)c(Cl)c1. The highest BCUT2D eigenvalue weighted by atomic mass is 35.5. The highest BCUT2D eigenvalue weighted by Gasteiger charge is 2.25. The van der Waals surface area contributed by atoms with Crippen molar-refractivity contribution in [2.75, 3.05) is 43.2 Å². The van der Waals surface area contributed by atoms with Crippen LogP contribution in [0.2, 0.25) is 5.02 Å². The molecule has 0 saturated carbocycles. The van der Waals surface area contributed by atoms with E-state index < -0.39 is 28.4 Å². The van der Waals surface area contributed by atoms with Gasteiger partial charge in [-0.1, -0.05) is 11.6 Å². The number of sulfonamides is 1. The molecule has 0 aliphatic rings. The summed E-state index contributed by atoms with van der Waals surface area (Å²) < 4.78 is 40.9. The monoisotopic (exact) mass is 470 g/mol. The molecule has 0 spiro atoms. The van der Waals surface area contributed by atoms with E-state index in [0.717, 1.165) is 10.6 Å². The smallest absolute Gasteiger partial charge is 0.338 e. The van der Waals surface area contributed by atoms with Crippen LogP contribution in [0, 0.1) is 0 Å². The summed E-state index contributed by atoms with van der Waals surface area (Å²) in [4.78, 5) is 24.4. The van der Waals surface area contributed by atoms with E-state index in [9.17, 15) is 18.0 Å². The van der Waals surface area contributed by atoms with E-state index in [0.29, 0.717) is 5.75 Å². The number of nitrogens with one attached hydrogen (secondary N) is 1. The quantitative estimate of drug-likeness (QED) is 0.561. The molecule has 0 atom stereocenters. The van der Waals surface area contributed by atoms with Crippen molar-refractivity contribution in [2.24, 2.45) is 0 Å². The molecule has 1 amide bonds. The van der Waals surface area contributed by atoms with Gasteiger partial charge in [-0.15, -0.1) is 0 Å². The van der Waals surface area contributed by atoms with Crippen molar-refractivity contribution in [3.63, 3.8) is 0 Å². The number of carbonyl (C=O) groups excluding carboxylic acids is 2. The third kappa shape index (κ3) is 6.25. The van der Waals surface area contributed by atoms with Crippen molar-refractivity contribution < 1.29 is 32.2 Å². The maximum Gasteiger partial charge on any atom is 0.338 e. The Labute approximate surface area is 185 Å². The maximum atomic E-state index is 12.6. The van der Waals surface area contributed by atoms with Gasteiger partial charge in [0.2, 0.25) is 15.9 Å². The number of methoxy groups -OCH3 is 2. The first-order valence-electron chi connectivity index (χ1n) is 9.07. The number of carbonyl (C=O) groups is 2. The Morgan fingerprint density at radius 3 is 2.35 bits per heavy atom. The van der Waals surface area contributed by atoms with Gasteiger partial charge < -0.3 is 19.5 Å². The molecule has 9 nitrogen and oxygen atoms in total. The van der Waals surface area contributed by atoms with Crippen LogP contribution < -0.4 is 19.1 Å². The van der Waals surface area contributed by atoms with Crippen molar-refractivity contribution in [1.82, 2.24) is 0 Å². The van der Waals surface area contributed by atoms with Crippen molar-refractivity contribution in [1.29, 1.82) is 0 Å². The molecule has 0 aliphatic carbocycles. The first-order chi connectivity index (χ1) is 14.6. The fraction of sp³-hybridized carbons (Fsp3) is 0.300. The highest BCUT2D eigenvalue weighted by molar-refractivity contribution is 7.92. The zero-order chi connectivity index (χ0) is 23.2. The summed E-state index contributed by atoms with van der Waals surface area (Å²) in [6.07, 6.45) is 0.977. The Bertz CT molecular complexity index is 1070. The van der Waals surface area contributed by atoms with Gasteiger partial charge in [-0.2, -0.15) is 0 Å². The molecular weight excluding hydrogens is 448 g/mol. The molecule has 11 heteroatoms. The van der Waals surface area contributed by atoms with Crippen LogP contribution in [0.3, 0.4) is 0 Å². The van der Waals surface area contributed by atoms with E-state index in [1.807, 2.05) is 0 Å². The molecule has 0 aromatic heterocycles. The lowest BCUT2D eigenvalue weighted by molar-refractivity contribution is -0.114. The number of halogens is 1. The van der Waals surface area contributed by atoms with Gasteiger partial charge >= 0.3 is 5.97 Å². The Morgan fingerprint density at radius 2 is 1.81 bits per heavy atom. The van der Waals surface area contributed by atoms with Gasteiger partial charge in [0, 0.05) is 6.07 Å². The minimum atomic E-state index is -3.83. The number of anilines is 2. The third-order valence-electron chi connectivity index (χ3n) is 4.10. The van der Waals surface area contributed by atoms with Crippen LogP contribution in [0.25, 0.3) is 0 Å². The molecule has 0 saturated heterocycles. The summed E-state index contributed by atoms with van der Waals surface area (Å²) in [5.41, 5.74) is 0.616. The standard InChI is InChI=1S/C20H23ClN2O7S/c1-5-30-20(25)13-6-8-16(15(21)10-13)22-19(24)12-23(31(4,26)27)17-9-7-14(28-2)11-18(17)29-3/h6-11H,5,12H2,1-4H3,(H,22,24). The Kier molecular flexibility index (Phi) is 8.12. The predicted octanol–water partition coefficient (Wildman–Crippen LogP) is 2.94. The molecule has 1 N–H and O–H groups in total. The maximum absolute atomic E-state index is 12.6. The molecule has 31 heavy (non-hydrogen) atoms. The molecule has 2 rings (SSSR count). The summed E-state index contributed by atoms with van der Waals surface area (Å²) in [6.45, 7) is 1.36. The number of rotatable bonds is 9. The van der Waals surface area contributed by atoms with E-state index in [-0.39, 0.29) is 34.3 Å². The number of nitrogens with zero attached hydrogens (tertiary/aromatic N) is 1. The fourth-order valence-electron chi connectivity index (χ4n) is 2.65. The molecule has 0 radical (unpaired) electrons. The molecule has 0 aliphatic heterocycles. The van der Waals surface area contributed by atoms with E-state index >= 15 is 0 Å². The number of esters is 1. The van der Waals surface area contributed by atoms with E-state index in [2.05, 4.69) is 5.32 Å². The first kappa shape index (κ1) is 24.3. The summed E-state index contributed by atoms with van der Waals surface area (Å²) in [5, 5.41) is 2.65. The number of hydrogen-bond acceptors (Lipinski definition) is 7. The molecule has 0 unspecified atom stereocenters. The minimum absolute atomic E-state index is 0.104. The first-order valence-corrected chi connectivity index (χ1v) is 11.3. The second-order valence-corrected chi connectivity index (χ2v) is 8.58. The van der Waals surface area contributed by atoms with Crippen LogP contribution >= 0.6 is 11.6 Å². The van der Waals surface area contributed by atoms with E-state index in [1.54, 1.807) is 13.0 Å². The molecular formula is C20H23ClN2O7S. The van der Waals surface area contributed by atoms with Crippen molar-refractivity contribution in [2.45, 2.75) is 6.92 Å². The van der Waals surface area contributed by atoms with Crippen molar-refractivity contribution in [3.8, 4) is 11.5 Å². The molecule has 2 aromatic carbocycles. The minimum Gasteiger partial charge on any atom is -0.497 e. The van der Waals surface area contributed by atoms with Crippen LogP contribution in [-0.4, -0.2) is 53.9 Å². The summed E-state index contributed by atoms with van der Waals surface area (Å²) in [7, 11) is -0.990. The van der Waals surface area contributed by atoms with Gasteiger partial charge in [0.05, 0.1) is 49.0 Å². The second-order valence-electron chi connectivity index (χ2n) is 6.27. The zero-order valence-electron chi connectivity index (χ0n) is 17.5. The average Bonchev–Trinajstić information content (AvgIpc) is 2.72. The molecule has 0 heterocycles. The lowest BCUT2D eigenvalue weighted by atomic mass is 10.2. The average molecular weight is 471 g/mol. The number of ether oxygens (including phenoxy) is 3. The normalized spacial score (nSPS) is 10.9. The lowest BCUT2D eigenvalue weighted by Crippen LogP contribution is -2.37. The van der Waals surface area contributed by atoms with Gasteiger partial charge in [0.25, 0.3) is 0 Å².